The van der Waals surface area contributed by atoms with E-state index in [0.717, 1.165) is 44.7 Å². The Morgan fingerprint density at radius 2 is 2.00 bits per heavy atom. The molecule has 0 unspecified atom stereocenters. The Kier molecular flexibility index (Phi) is 3.95. The number of halogens is 1. The third-order valence-electron chi connectivity index (χ3n) is 4.71. The molecule has 6 heteroatoms. The van der Waals surface area contributed by atoms with E-state index in [4.69, 9.17) is 4.74 Å². The number of aliphatic carboxylic acids is 1. The van der Waals surface area contributed by atoms with Gasteiger partial charge in [0.05, 0.1) is 12.5 Å². The zero-order valence-electron chi connectivity index (χ0n) is 12.7. The molecule has 0 aromatic heterocycles. The maximum absolute atomic E-state index is 13.5. The van der Waals surface area contributed by atoms with Crippen LogP contribution in [0.2, 0.25) is 0 Å². The second-order valence-corrected chi connectivity index (χ2v) is 6.17. The van der Waals surface area contributed by atoms with Crippen molar-refractivity contribution < 1.29 is 19.0 Å². The van der Waals surface area contributed by atoms with Crippen molar-refractivity contribution >= 4 is 11.7 Å². The summed E-state index contributed by atoms with van der Waals surface area (Å²) in [6, 6.07) is 4.89. The van der Waals surface area contributed by atoms with Crippen LogP contribution in [0.15, 0.2) is 18.2 Å². The lowest BCUT2D eigenvalue weighted by atomic mass is 10.1. The predicted octanol–water partition coefficient (Wildman–Crippen LogP) is 1.82. The van der Waals surface area contributed by atoms with Gasteiger partial charge in [-0.3, -0.25) is 9.69 Å². The third kappa shape index (κ3) is 2.88. The lowest BCUT2D eigenvalue weighted by Crippen LogP contribution is -2.49. The number of carbonyl (C=O) groups is 1. The standard InChI is InChI=1S/C16H21FN2O3/c1-22-14-10-12(2-3-13(14)17)19-8-6-18(7-9-19)11-16(4-5-16)15(20)21/h2-3,10H,4-9,11H2,1H3,(H,20,21). The van der Waals surface area contributed by atoms with Gasteiger partial charge in [0.1, 0.15) is 0 Å². The first-order valence-corrected chi connectivity index (χ1v) is 7.58. The number of hydrogen-bond acceptors (Lipinski definition) is 4. The van der Waals surface area contributed by atoms with Gasteiger partial charge in [-0.25, -0.2) is 4.39 Å². The largest absolute Gasteiger partial charge is 0.494 e. The Morgan fingerprint density at radius 1 is 1.32 bits per heavy atom. The molecule has 1 aromatic rings. The molecule has 120 valence electrons. The van der Waals surface area contributed by atoms with Crippen molar-refractivity contribution in [3.63, 3.8) is 0 Å². The van der Waals surface area contributed by atoms with E-state index < -0.39 is 11.4 Å². The predicted molar refractivity (Wildman–Crippen MR) is 80.9 cm³/mol. The average molecular weight is 308 g/mol. The van der Waals surface area contributed by atoms with E-state index in [1.54, 1.807) is 12.1 Å². The molecule has 0 amide bonds. The molecule has 2 fully saturated rings. The van der Waals surface area contributed by atoms with Crippen LogP contribution in [0.5, 0.6) is 5.75 Å². The number of carboxylic acids is 1. The van der Waals surface area contributed by atoms with E-state index in [2.05, 4.69) is 9.80 Å². The van der Waals surface area contributed by atoms with Gasteiger partial charge in [0.2, 0.25) is 0 Å². The summed E-state index contributed by atoms with van der Waals surface area (Å²) in [7, 11) is 1.46. The maximum Gasteiger partial charge on any atom is 0.310 e. The lowest BCUT2D eigenvalue weighted by Gasteiger charge is -2.37. The molecule has 2 aliphatic rings. The fourth-order valence-corrected chi connectivity index (χ4v) is 3.03. The van der Waals surface area contributed by atoms with Gasteiger partial charge in [-0.1, -0.05) is 0 Å². The minimum Gasteiger partial charge on any atom is -0.494 e. The molecule has 0 atom stereocenters. The van der Waals surface area contributed by atoms with E-state index >= 15 is 0 Å². The van der Waals surface area contributed by atoms with E-state index in [1.807, 2.05) is 0 Å². The molecule has 1 saturated heterocycles. The number of hydrogen-bond donors (Lipinski definition) is 1. The van der Waals surface area contributed by atoms with Crippen molar-refractivity contribution in [2.45, 2.75) is 12.8 Å². The number of benzene rings is 1. The van der Waals surface area contributed by atoms with Crippen LogP contribution in [0.4, 0.5) is 10.1 Å². The van der Waals surface area contributed by atoms with Gasteiger partial charge in [0, 0.05) is 44.5 Å². The van der Waals surface area contributed by atoms with Crippen LogP contribution < -0.4 is 9.64 Å². The molecule has 1 aromatic carbocycles. The molecule has 1 saturated carbocycles. The highest BCUT2D eigenvalue weighted by molar-refractivity contribution is 5.78. The fourth-order valence-electron chi connectivity index (χ4n) is 3.03. The number of rotatable bonds is 5. The van der Waals surface area contributed by atoms with Gasteiger partial charge >= 0.3 is 5.97 Å². The Balaban J connectivity index is 1.59. The van der Waals surface area contributed by atoms with Crippen LogP contribution in [0.25, 0.3) is 0 Å². The number of carboxylic acid groups (broad SMARTS) is 1. The summed E-state index contributed by atoms with van der Waals surface area (Å²) < 4.78 is 18.5. The van der Waals surface area contributed by atoms with Crippen LogP contribution in [-0.2, 0) is 4.79 Å². The van der Waals surface area contributed by atoms with Crippen molar-refractivity contribution in [3.8, 4) is 5.75 Å². The molecule has 22 heavy (non-hydrogen) atoms. The molecule has 0 bridgehead atoms. The van der Waals surface area contributed by atoms with Gasteiger partial charge in [-0.2, -0.15) is 0 Å². The molecule has 0 radical (unpaired) electrons. The Bertz CT molecular complexity index is 567. The molecule has 0 spiro atoms. The van der Waals surface area contributed by atoms with Crippen molar-refractivity contribution in [1.29, 1.82) is 0 Å². The Hall–Kier alpha value is -1.82. The fraction of sp³-hybridized carbons (Fsp3) is 0.562. The topological polar surface area (TPSA) is 53.0 Å². The summed E-state index contributed by atoms with van der Waals surface area (Å²) in [6.45, 7) is 3.92. The first-order valence-electron chi connectivity index (χ1n) is 7.58. The summed E-state index contributed by atoms with van der Waals surface area (Å²) in [4.78, 5) is 15.7. The lowest BCUT2D eigenvalue weighted by molar-refractivity contribution is -0.144. The number of piperazine rings is 1. The Labute approximate surface area is 129 Å². The van der Waals surface area contributed by atoms with E-state index in [9.17, 15) is 14.3 Å². The van der Waals surface area contributed by atoms with Crippen LogP contribution in [0.3, 0.4) is 0 Å². The summed E-state index contributed by atoms with van der Waals surface area (Å²) in [5, 5.41) is 9.26. The van der Waals surface area contributed by atoms with Crippen molar-refractivity contribution in [3.05, 3.63) is 24.0 Å². The van der Waals surface area contributed by atoms with Crippen LogP contribution in [0.1, 0.15) is 12.8 Å². The number of methoxy groups -OCH3 is 1. The Morgan fingerprint density at radius 3 is 2.55 bits per heavy atom. The minimum atomic E-state index is -0.668. The highest BCUT2D eigenvalue weighted by Gasteiger charge is 2.51. The molecule has 1 aliphatic heterocycles. The van der Waals surface area contributed by atoms with Gasteiger partial charge in [0.25, 0.3) is 0 Å². The number of nitrogens with zero attached hydrogens (tertiary/aromatic N) is 2. The normalized spacial score (nSPS) is 20.7. The van der Waals surface area contributed by atoms with Gasteiger partial charge in [-0.05, 0) is 25.0 Å². The molecular weight excluding hydrogens is 287 g/mol. The summed E-state index contributed by atoms with van der Waals surface area (Å²) in [5.41, 5.74) is 0.443. The smallest absolute Gasteiger partial charge is 0.310 e. The molecule has 5 nitrogen and oxygen atoms in total. The van der Waals surface area contributed by atoms with Crippen LogP contribution >= 0.6 is 0 Å². The first-order chi connectivity index (χ1) is 10.5. The number of anilines is 1. The van der Waals surface area contributed by atoms with Crippen LogP contribution in [0, 0.1) is 11.2 Å². The SMILES string of the molecule is COc1cc(N2CCN(CC3(C(=O)O)CC3)CC2)ccc1F. The quantitative estimate of drug-likeness (QED) is 0.899. The summed E-state index contributed by atoms with van der Waals surface area (Å²) >= 11 is 0. The summed E-state index contributed by atoms with van der Waals surface area (Å²) in [6.07, 6.45) is 1.58. The van der Waals surface area contributed by atoms with Gasteiger partial charge in [-0.15, -0.1) is 0 Å². The van der Waals surface area contributed by atoms with Crippen molar-refractivity contribution in [2.75, 3.05) is 44.7 Å². The minimum absolute atomic E-state index is 0.253. The van der Waals surface area contributed by atoms with Gasteiger partial charge < -0.3 is 14.7 Å². The van der Waals surface area contributed by atoms with E-state index in [-0.39, 0.29) is 11.6 Å². The maximum atomic E-state index is 13.5. The number of ether oxygens (including phenoxy) is 1. The van der Waals surface area contributed by atoms with Gasteiger partial charge in [0.15, 0.2) is 11.6 Å². The first kappa shape index (κ1) is 15.1. The highest BCUT2D eigenvalue weighted by Crippen LogP contribution is 2.46. The molecular formula is C16H21FN2O3. The van der Waals surface area contributed by atoms with Crippen molar-refractivity contribution in [2.24, 2.45) is 5.41 Å². The zero-order chi connectivity index (χ0) is 15.7. The molecule has 1 aliphatic carbocycles. The van der Waals surface area contributed by atoms with E-state index in [1.165, 1.54) is 13.2 Å². The second kappa shape index (κ2) is 5.76. The molecule has 1 N–H and O–H groups in total. The molecule has 3 rings (SSSR count). The monoisotopic (exact) mass is 308 g/mol. The van der Waals surface area contributed by atoms with Crippen LogP contribution in [-0.4, -0.2) is 55.8 Å². The third-order valence-corrected chi connectivity index (χ3v) is 4.71. The zero-order valence-corrected chi connectivity index (χ0v) is 12.7. The average Bonchev–Trinajstić information content (AvgIpc) is 3.30. The van der Waals surface area contributed by atoms with E-state index in [0.29, 0.717) is 6.54 Å². The van der Waals surface area contributed by atoms with Crippen molar-refractivity contribution in [1.82, 2.24) is 4.90 Å². The summed E-state index contributed by atoms with van der Waals surface area (Å²) in [5.74, 6) is -0.775. The highest BCUT2D eigenvalue weighted by atomic mass is 19.1. The molecule has 1 heterocycles. The second-order valence-electron chi connectivity index (χ2n) is 6.17.